The lowest BCUT2D eigenvalue weighted by molar-refractivity contribution is -0.119. The molecule has 0 spiro atoms. The van der Waals surface area contributed by atoms with Crippen molar-refractivity contribution in [3.63, 3.8) is 0 Å². The Kier molecular flexibility index (Phi) is 17.0. The molecular formula is C18H34BO2. The van der Waals surface area contributed by atoms with E-state index < -0.39 is 0 Å². The summed E-state index contributed by atoms with van der Waals surface area (Å²) in [6.45, 7) is 2.26. The van der Waals surface area contributed by atoms with Gasteiger partial charge in [-0.3, -0.25) is 4.79 Å². The summed E-state index contributed by atoms with van der Waals surface area (Å²) in [6, 6.07) is 0. The van der Waals surface area contributed by atoms with E-state index in [1.165, 1.54) is 64.2 Å². The predicted molar refractivity (Wildman–Crippen MR) is 92.6 cm³/mol. The van der Waals surface area contributed by atoms with Crippen molar-refractivity contribution < 1.29 is 9.59 Å². The van der Waals surface area contributed by atoms with Gasteiger partial charge < -0.3 is 4.79 Å². The highest BCUT2D eigenvalue weighted by Gasteiger charge is 2.02. The van der Waals surface area contributed by atoms with Crippen molar-refractivity contribution in [2.45, 2.75) is 103 Å². The second-order valence-corrected chi connectivity index (χ2v) is 6.09. The highest BCUT2D eigenvalue weighted by atomic mass is 16.1. The van der Waals surface area contributed by atoms with Crippen LogP contribution in [0.4, 0.5) is 0 Å². The van der Waals surface area contributed by atoms with Crippen LogP contribution in [0.2, 0.25) is 6.32 Å². The number of Topliss-reactive ketones (excluding diaryl/α,β-unsaturated/α-hetero) is 1. The van der Waals surface area contributed by atoms with E-state index in [0.29, 0.717) is 12.2 Å². The molecule has 0 heterocycles. The molecular weight excluding hydrogens is 259 g/mol. The summed E-state index contributed by atoms with van der Waals surface area (Å²) < 4.78 is 0. The lowest BCUT2D eigenvalue weighted by Gasteiger charge is -2.03. The maximum atomic E-state index is 11.6. The molecule has 0 aliphatic rings. The van der Waals surface area contributed by atoms with Crippen LogP contribution in [-0.2, 0) is 9.59 Å². The van der Waals surface area contributed by atoms with Gasteiger partial charge in [-0.25, -0.2) is 0 Å². The van der Waals surface area contributed by atoms with Crippen LogP contribution in [0, 0.1) is 0 Å². The van der Waals surface area contributed by atoms with Crippen LogP contribution in [0.1, 0.15) is 96.8 Å². The van der Waals surface area contributed by atoms with Crippen molar-refractivity contribution in [3.8, 4) is 0 Å². The first-order valence-corrected chi connectivity index (χ1v) is 9.10. The number of carbonyl (C=O) groups is 2. The molecule has 121 valence electrons. The van der Waals surface area contributed by atoms with Crippen molar-refractivity contribution in [2.24, 2.45) is 0 Å². The van der Waals surface area contributed by atoms with E-state index in [0.717, 1.165) is 31.8 Å². The van der Waals surface area contributed by atoms with Gasteiger partial charge in [-0.05, 0) is 6.42 Å². The number of rotatable bonds is 17. The minimum absolute atomic E-state index is 0.366. The number of hydrogen-bond acceptors (Lipinski definition) is 2. The second kappa shape index (κ2) is 17.5. The fourth-order valence-corrected chi connectivity index (χ4v) is 2.60. The average molecular weight is 293 g/mol. The Hall–Kier alpha value is -0.595. The molecule has 0 amide bonds. The van der Waals surface area contributed by atoms with Crippen LogP contribution >= 0.6 is 0 Å². The van der Waals surface area contributed by atoms with Gasteiger partial charge in [-0.15, -0.1) is 0 Å². The molecule has 2 nitrogen and oxygen atoms in total. The molecule has 0 aromatic rings. The van der Waals surface area contributed by atoms with E-state index >= 15 is 0 Å². The third-order valence-corrected chi connectivity index (χ3v) is 3.98. The average Bonchev–Trinajstić information content (AvgIpc) is 2.49. The van der Waals surface area contributed by atoms with E-state index in [1.54, 1.807) is 7.28 Å². The molecule has 21 heavy (non-hydrogen) atoms. The van der Waals surface area contributed by atoms with E-state index in [4.69, 9.17) is 0 Å². The molecule has 0 unspecified atom stereocenters. The van der Waals surface area contributed by atoms with Crippen LogP contribution in [0.15, 0.2) is 0 Å². The van der Waals surface area contributed by atoms with E-state index in [-0.39, 0.29) is 0 Å². The Balaban J connectivity index is 3.10. The van der Waals surface area contributed by atoms with Crippen molar-refractivity contribution in [2.75, 3.05) is 0 Å². The van der Waals surface area contributed by atoms with Gasteiger partial charge in [0.15, 0.2) is 7.28 Å². The summed E-state index contributed by atoms with van der Waals surface area (Å²) >= 11 is 0. The lowest BCUT2D eigenvalue weighted by atomic mass is 9.75. The molecule has 0 rings (SSSR count). The summed E-state index contributed by atoms with van der Waals surface area (Å²) in [5.74, 6) is 0.366. The molecule has 0 aliphatic heterocycles. The highest BCUT2D eigenvalue weighted by Crippen LogP contribution is 2.12. The SMILES string of the molecule is CCCCCCCCCCCCCC(=O)CCC[B]C=O. The zero-order valence-electron chi connectivity index (χ0n) is 14.1. The van der Waals surface area contributed by atoms with Gasteiger partial charge >= 0.3 is 0 Å². The van der Waals surface area contributed by atoms with Gasteiger partial charge in [0, 0.05) is 12.8 Å². The quantitative estimate of drug-likeness (QED) is 0.206. The van der Waals surface area contributed by atoms with E-state index in [9.17, 15) is 9.59 Å². The summed E-state index contributed by atoms with van der Waals surface area (Å²) in [5, 5.41) is 0. The minimum atomic E-state index is 0.366. The molecule has 0 aromatic heterocycles. The fraction of sp³-hybridized carbons (Fsp3) is 0.889. The van der Waals surface area contributed by atoms with Crippen molar-refractivity contribution in [1.29, 1.82) is 0 Å². The minimum Gasteiger partial charge on any atom is -0.316 e. The molecule has 0 aromatic carbocycles. The standard InChI is InChI=1S/C18H34BO2/c1-2-3-4-5-6-7-8-9-10-11-12-14-18(21)15-13-16-19-17-20/h17H,2-16H2,1H3. The molecule has 0 fully saturated rings. The monoisotopic (exact) mass is 293 g/mol. The van der Waals surface area contributed by atoms with E-state index in [2.05, 4.69) is 6.92 Å². The Labute approximate surface area is 132 Å². The number of ketones is 1. The van der Waals surface area contributed by atoms with Crippen LogP contribution in [0.3, 0.4) is 0 Å². The van der Waals surface area contributed by atoms with Crippen molar-refractivity contribution in [1.82, 2.24) is 0 Å². The zero-order valence-corrected chi connectivity index (χ0v) is 14.1. The Bertz CT molecular complexity index is 241. The van der Waals surface area contributed by atoms with Crippen molar-refractivity contribution >= 4 is 19.2 Å². The maximum absolute atomic E-state index is 11.6. The summed E-state index contributed by atoms with van der Waals surface area (Å²) in [4.78, 5) is 21.7. The largest absolute Gasteiger partial charge is 0.316 e. The Morgan fingerprint density at radius 3 is 1.76 bits per heavy atom. The molecule has 0 saturated carbocycles. The molecule has 0 atom stereocenters. The number of carbonyl (C=O) groups excluding carboxylic acids is 2. The van der Waals surface area contributed by atoms with Crippen molar-refractivity contribution in [3.05, 3.63) is 0 Å². The number of unbranched alkanes of at least 4 members (excludes halogenated alkanes) is 10. The molecule has 0 saturated heterocycles. The predicted octanol–water partition coefficient (Wildman–Crippen LogP) is 5.35. The van der Waals surface area contributed by atoms with Gasteiger partial charge in [0.2, 0.25) is 0 Å². The second-order valence-electron chi connectivity index (χ2n) is 6.09. The van der Waals surface area contributed by atoms with Crippen LogP contribution in [-0.4, -0.2) is 19.2 Å². The van der Waals surface area contributed by atoms with Gasteiger partial charge in [0.25, 0.3) is 0 Å². The summed E-state index contributed by atoms with van der Waals surface area (Å²) in [6.07, 6.45) is 18.3. The van der Waals surface area contributed by atoms with Crippen LogP contribution < -0.4 is 0 Å². The molecule has 0 N–H and O–H groups in total. The van der Waals surface area contributed by atoms with Gasteiger partial charge in [-0.2, -0.15) is 0 Å². The van der Waals surface area contributed by atoms with Gasteiger partial charge in [0.1, 0.15) is 5.78 Å². The molecule has 1 radical (unpaired) electrons. The fourth-order valence-electron chi connectivity index (χ4n) is 2.60. The van der Waals surface area contributed by atoms with Crippen LogP contribution in [0.25, 0.3) is 0 Å². The normalized spacial score (nSPS) is 10.5. The highest BCUT2D eigenvalue weighted by molar-refractivity contribution is 6.66. The number of hydrogen-bond donors (Lipinski definition) is 0. The first kappa shape index (κ1) is 20.4. The van der Waals surface area contributed by atoms with E-state index in [1.807, 2.05) is 0 Å². The zero-order chi connectivity index (χ0) is 15.6. The molecule has 0 aliphatic carbocycles. The van der Waals surface area contributed by atoms with Gasteiger partial charge in [-0.1, -0.05) is 83.9 Å². The molecule has 3 heteroatoms. The Morgan fingerprint density at radius 1 is 0.762 bits per heavy atom. The molecule has 0 bridgehead atoms. The Morgan fingerprint density at radius 2 is 1.24 bits per heavy atom. The third kappa shape index (κ3) is 17.4. The van der Waals surface area contributed by atoms with Gasteiger partial charge in [0.05, 0.1) is 6.19 Å². The maximum Gasteiger partial charge on any atom is 0.197 e. The smallest absolute Gasteiger partial charge is 0.197 e. The first-order valence-electron chi connectivity index (χ1n) is 9.10. The summed E-state index contributed by atoms with van der Waals surface area (Å²) in [7, 11) is 1.59. The third-order valence-electron chi connectivity index (χ3n) is 3.98. The summed E-state index contributed by atoms with van der Waals surface area (Å²) in [5.41, 5.74) is 0. The van der Waals surface area contributed by atoms with Crippen LogP contribution in [0.5, 0.6) is 0 Å². The lowest BCUT2D eigenvalue weighted by Crippen LogP contribution is -1.99. The topological polar surface area (TPSA) is 34.1 Å². The first-order chi connectivity index (χ1) is 10.3.